The van der Waals surface area contributed by atoms with Crippen LogP contribution in [0.2, 0.25) is 5.02 Å². The quantitative estimate of drug-likeness (QED) is 0.538. The Hall–Kier alpha value is -2.83. The van der Waals surface area contributed by atoms with Gasteiger partial charge in [-0.25, -0.2) is 0 Å². The van der Waals surface area contributed by atoms with E-state index in [0.29, 0.717) is 22.9 Å². The molecule has 31 heavy (non-hydrogen) atoms. The molecule has 0 aliphatic heterocycles. The number of carbonyl (C=O) groups is 2. The number of nitrogens with zero attached hydrogens (tertiary/aromatic N) is 2. The third-order valence-electron chi connectivity index (χ3n) is 5.28. The Morgan fingerprint density at radius 2 is 1.84 bits per heavy atom. The predicted molar refractivity (Wildman–Crippen MR) is 124 cm³/mol. The number of amides is 1. The first kappa shape index (κ1) is 22.8. The number of aromatic nitrogens is 1. The van der Waals surface area contributed by atoms with Gasteiger partial charge in [-0.05, 0) is 82.0 Å². The summed E-state index contributed by atoms with van der Waals surface area (Å²) in [7, 11) is 5.61. The van der Waals surface area contributed by atoms with Crippen molar-refractivity contribution in [1.82, 2.24) is 14.8 Å². The number of rotatable bonds is 8. The normalized spacial score (nSPS) is 11.2. The van der Waals surface area contributed by atoms with Crippen molar-refractivity contribution in [2.24, 2.45) is 0 Å². The molecule has 0 aliphatic rings. The highest BCUT2D eigenvalue weighted by atomic mass is 35.5. The Kier molecular flexibility index (Phi) is 7.36. The minimum Gasteiger partial charge on any atom is -0.497 e. The van der Waals surface area contributed by atoms with E-state index in [2.05, 4.69) is 10.2 Å². The number of carbonyl (C=O) groups excluding carboxylic acids is 2. The van der Waals surface area contributed by atoms with Gasteiger partial charge in [-0.2, -0.15) is 0 Å². The number of hydrogen-bond donors (Lipinski definition) is 1. The second-order valence-corrected chi connectivity index (χ2v) is 8.21. The van der Waals surface area contributed by atoms with Gasteiger partial charge in [-0.1, -0.05) is 11.6 Å². The molecule has 7 heteroatoms. The number of nitrogens with one attached hydrogen (secondary N) is 1. The van der Waals surface area contributed by atoms with Crippen LogP contribution in [-0.4, -0.2) is 55.6 Å². The summed E-state index contributed by atoms with van der Waals surface area (Å²) >= 11 is 5.97. The maximum absolute atomic E-state index is 13.3. The summed E-state index contributed by atoms with van der Waals surface area (Å²) in [6.07, 6.45) is 1.07. The molecule has 0 spiro atoms. The number of ether oxygens (including phenoxy) is 1. The number of halogens is 1. The van der Waals surface area contributed by atoms with Gasteiger partial charge in [0.05, 0.1) is 19.0 Å². The predicted octanol–water partition coefficient (Wildman–Crippen LogP) is 3.91. The van der Waals surface area contributed by atoms with Crippen molar-refractivity contribution in [3.8, 4) is 5.75 Å². The van der Waals surface area contributed by atoms with E-state index in [0.717, 1.165) is 35.1 Å². The van der Waals surface area contributed by atoms with Gasteiger partial charge in [0.15, 0.2) is 0 Å². The molecular weight excluding hydrogens is 414 g/mol. The molecule has 3 rings (SSSR count). The lowest BCUT2D eigenvalue weighted by atomic mass is 10.1. The topological polar surface area (TPSA) is 63.6 Å². The molecule has 0 aliphatic carbocycles. The zero-order chi connectivity index (χ0) is 22.5. The van der Waals surface area contributed by atoms with Crippen LogP contribution in [0.1, 0.15) is 28.0 Å². The minimum absolute atomic E-state index is 0.0670. The summed E-state index contributed by atoms with van der Waals surface area (Å²) < 4.78 is 7.04. The third-order valence-corrected chi connectivity index (χ3v) is 5.53. The molecule has 1 heterocycles. The van der Waals surface area contributed by atoms with E-state index in [1.807, 2.05) is 39.2 Å². The zero-order valence-corrected chi connectivity index (χ0v) is 19.1. The van der Waals surface area contributed by atoms with Crippen LogP contribution in [0.15, 0.2) is 42.5 Å². The average Bonchev–Trinajstić information content (AvgIpc) is 3.01. The van der Waals surface area contributed by atoms with Crippen LogP contribution in [0, 0.1) is 6.92 Å². The molecule has 0 unspecified atom stereocenters. The second-order valence-electron chi connectivity index (χ2n) is 7.78. The lowest BCUT2D eigenvalue weighted by Crippen LogP contribution is -2.28. The van der Waals surface area contributed by atoms with E-state index in [1.54, 1.807) is 35.9 Å². The molecule has 0 radical (unpaired) electrons. The van der Waals surface area contributed by atoms with Gasteiger partial charge >= 0.3 is 0 Å². The first-order chi connectivity index (χ1) is 14.8. The van der Waals surface area contributed by atoms with Gasteiger partial charge in [0.25, 0.3) is 5.91 Å². The smallest absolute Gasteiger partial charge is 0.262 e. The van der Waals surface area contributed by atoms with E-state index in [1.165, 1.54) is 0 Å². The molecule has 0 bridgehead atoms. The van der Waals surface area contributed by atoms with Crippen molar-refractivity contribution in [2.75, 3.05) is 34.3 Å². The Bertz CT molecular complexity index is 1090. The summed E-state index contributed by atoms with van der Waals surface area (Å²) in [6.45, 7) is 3.39. The fourth-order valence-electron chi connectivity index (χ4n) is 3.64. The molecule has 0 saturated heterocycles. The van der Waals surface area contributed by atoms with Gasteiger partial charge in [-0.3, -0.25) is 14.2 Å². The van der Waals surface area contributed by atoms with Crippen molar-refractivity contribution in [2.45, 2.75) is 19.8 Å². The SMILES string of the molecule is COc1ccc2c(c1)c(CC(=O)NCCCN(C)C)c(C)n2C(=O)c1ccc(Cl)cc1. The van der Waals surface area contributed by atoms with Crippen LogP contribution in [0.25, 0.3) is 10.9 Å². The molecule has 3 aromatic rings. The maximum Gasteiger partial charge on any atom is 0.262 e. The van der Waals surface area contributed by atoms with Crippen LogP contribution in [0.3, 0.4) is 0 Å². The van der Waals surface area contributed by atoms with E-state index in [-0.39, 0.29) is 18.2 Å². The van der Waals surface area contributed by atoms with E-state index in [4.69, 9.17) is 16.3 Å². The fourth-order valence-corrected chi connectivity index (χ4v) is 3.77. The highest BCUT2D eigenvalue weighted by Gasteiger charge is 2.22. The van der Waals surface area contributed by atoms with Gasteiger partial charge in [0.1, 0.15) is 5.75 Å². The number of benzene rings is 2. The summed E-state index contributed by atoms with van der Waals surface area (Å²) in [4.78, 5) is 28.0. The summed E-state index contributed by atoms with van der Waals surface area (Å²) in [5, 5.41) is 4.38. The lowest BCUT2D eigenvalue weighted by Gasteiger charge is -2.10. The average molecular weight is 442 g/mol. The van der Waals surface area contributed by atoms with Crippen molar-refractivity contribution < 1.29 is 14.3 Å². The highest BCUT2D eigenvalue weighted by molar-refractivity contribution is 6.30. The molecule has 0 saturated carbocycles. The standard InChI is InChI=1S/C24H28ClN3O3/c1-16-20(15-23(29)26-12-5-13-27(2)3)21-14-19(31-4)10-11-22(21)28(16)24(30)17-6-8-18(25)9-7-17/h6-11,14H,5,12-13,15H2,1-4H3,(H,26,29). The second kappa shape index (κ2) is 9.98. The summed E-state index contributed by atoms with van der Waals surface area (Å²) in [5.74, 6) is 0.445. The zero-order valence-electron chi connectivity index (χ0n) is 18.4. The number of fused-ring (bicyclic) bond motifs is 1. The molecule has 0 atom stereocenters. The summed E-state index contributed by atoms with van der Waals surface area (Å²) in [5.41, 5.74) is 2.83. The molecule has 1 amide bonds. The van der Waals surface area contributed by atoms with Crippen LogP contribution in [-0.2, 0) is 11.2 Å². The first-order valence-electron chi connectivity index (χ1n) is 10.2. The third kappa shape index (κ3) is 5.27. The van der Waals surface area contributed by atoms with Gasteiger partial charge in [0, 0.05) is 28.2 Å². The molecule has 164 valence electrons. The molecular formula is C24H28ClN3O3. The van der Waals surface area contributed by atoms with Crippen LogP contribution >= 0.6 is 11.6 Å². The van der Waals surface area contributed by atoms with Crippen molar-refractivity contribution in [3.05, 3.63) is 64.3 Å². The van der Waals surface area contributed by atoms with E-state index >= 15 is 0 Å². The van der Waals surface area contributed by atoms with Gasteiger partial charge < -0.3 is 15.0 Å². The van der Waals surface area contributed by atoms with Crippen LogP contribution in [0.5, 0.6) is 5.75 Å². The van der Waals surface area contributed by atoms with E-state index in [9.17, 15) is 9.59 Å². The Labute approximate surface area is 187 Å². The summed E-state index contributed by atoms with van der Waals surface area (Å²) in [6, 6.07) is 12.4. The van der Waals surface area contributed by atoms with Gasteiger partial charge in [0.2, 0.25) is 5.91 Å². The number of methoxy groups -OCH3 is 1. The Morgan fingerprint density at radius 1 is 1.13 bits per heavy atom. The van der Waals surface area contributed by atoms with Crippen LogP contribution in [0.4, 0.5) is 0 Å². The minimum atomic E-state index is -0.165. The molecule has 1 N–H and O–H groups in total. The van der Waals surface area contributed by atoms with E-state index < -0.39 is 0 Å². The largest absolute Gasteiger partial charge is 0.497 e. The number of hydrogen-bond acceptors (Lipinski definition) is 4. The molecule has 0 fully saturated rings. The maximum atomic E-state index is 13.3. The monoisotopic (exact) mass is 441 g/mol. The first-order valence-corrected chi connectivity index (χ1v) is 10.6. The molecule has 6 nitrogen and oxygen atoms in total. The molecule has 2 aromatic carbocycles. The van der Waals surface area contributed by atoms with Crippen molar-refractivity contribution in [1.29, 1.82) is 0 Å². The van der Waals surface area contributed by atoms with Crippen molar-refractivity contribution >= 4 is 34.3 Å². The highest BCUT2D eigenvalue weighted by Crippen LogP contribution is 2.30. The lowest BCUT2D eigenvalue weighted by molar-refractivity contribution is -0.120. The van der Waals surface area contributed by atoms with Crippen molar-refractivity contribution in [3.63, 3.8) is 0 Å². The van der Waals surface area contributed by atoms with Crippen LogP contribution < -0.4 is 10.1 Å². The molecule has 1 aromatic heterocycles. The van der Waals surface area contributed by atoms with Gasteiger partial charge in [-0.15, -0.1) is 0 Å². The Balaban J connectivity index is 1.95. The fraction of sp³-hybridized carbons (Fsp3) is 0.333. The Morgan fingerprint density at radius 3 is 2.48 bits per heavy atom.